The normalized spacial score (nSPS) is 17.5. The van der Waals surface area contributed by atoms with Crippen molar-refractivity contribution in [1.82, 2.24) is 4.98 Å². The first-order valence-corrected chi connectivity index (χ1v) is 11.9. The van der Waals surface area contributed by atoms with Gasteiger partial charge in [0.25, 0.3) is 0 Å². The molecular weight excluding hydrogens is 382 g/mol. The van der Waals surface area contributed by atoms with Crippen LogP contribution in [-0.4, -0.2) is 10.1 Å². The van der Waals surface area contributed by atoms with Crippen LogP contribution in [0.1, 0.15) is 81.7 Å². The molecule has 1 N–H and O–H groups in total. The van der Waals surface area contributed by atoms with E-state index in [0.29, 0.717) is 6.61 Å². The van der Waals surface area contributed by atoms with Gasteiger partial charge in [-0.3, -0.25) is 0 Å². The molecule has 0 fully saturated rings. The summed E-state index contributed by atoms with van der Waals surface area (Å²) < 4.78 is 6.24. The minimum Gasteiger partial charge on any atom is -0.487 e. The summed E-state index contributed by atoms with van der Waals surface area (Å²) in [5.74, 6) is 0.895. The number of fused-ring (bicyclic) bond motifs is 2. The molecule has 0 radical (unpaired) electrons. The molecular formula is C28H35NO2. The van der Waals surface area contributed by atoms with Crippen molar-refractivity contribution in [3.8, 4) is 5.75 Å². The van der Waals surface area contributed by atoms with Gasteiger partial charge >= 0.3 is 0 Å². The van der Waals surface area contributed by atoms with Crippen LogP contribution in [0.2, 0.25) is 0 Å². The second-order valence-electron chi connectivity index (χ2n) is 9.08. The van der Waals surface area contributed by atoms with Gasteiger partial charge in [-0.15, -0.1) is 0 Å². The Balaban J connectivity index is 1.54. The summed E-state index contributed by atoms with van der Waals surface area (Å²) in [6, 6.07) is 18.5. The molecule has 31 heavy (non-hydrogen) atoms. The smallest absolute Gasteiger partial charge is 0.130 e. The molecule has 1 aromatic heterocycles. The summed E-state index contributed by atoms with van der Waals surface area (Å²) in [5.41, 5.74) is 4.18. The number of aliphatic hydroxyl groups is 1. The lowest BCUT2D eigenvalue weighted by Gasteiger charge is -2.43. The summed E-state index contributed by atoms with van der Waals surface area (Å²) in [6.07, 6.45) is 8.53. The molecule has 4 rings (SSSR count). The van der Waals surface area contributed by atoms with Crippen molar-refractivity contribution < 1.29 is 9.84 Å². The van der Waals surface area contributed by atoms with Gasteiger partial charge in [-0.1, -0.05) is 75.9 Å². The van der Waals surface area contributed by atoms with Crippen molar-refractivity contribution in [1.29, 1.82) is 0 Å². The molecule has 0 saturated carbocycles. The number of rotatable bonds is 9. The molecule has 0 spiro atoms. The molecule has 0 bridgehead atoms. The van der Waals surface area contributed by atoms with E-state index in [2.05, 4.69) is 32.0 Å². The number of ether oxygens (including phenoxy) is 1. The summed E-state index contributed by atoms with van der Waals surface area (Å²) in [4.78, 5) is 4.73. The van der Waals surface area contributed by atoms with Gasteiger partial charge in [0.05, 0.1) is 17.3 Å². The molecule has 0 saturated heterocycles. The first-order chi connectivity index (χ1) is 15.2. The Bertz CT molecular complexity index is 1000. The van der Waals surface area contributed by atoms with Gasteiger partial charge in [-0.25, -0.2) is 4.98 Å². The third-order valence-corrected chi connectivity index (χ3v) is 7.00. The van der Waals surface area contributed by atoms with E-state index in [-0.39, 0.29) is 5.41 Å². The Morgan fingerprint density at radius 3 is 2.52 bits per heavy atom. The SMILES string of the molecule is CCCCC1(CCCC)CCc2c(OCc3ccc4ccccc4n3)cccc2C1O. The highest BCUT2D eigenvalue weighted by Crippen LogP contribution is 2.52. The van der Waals surface area contributed by atoms with Crippen molar-refractivity contribution >= 4 is 10.9 Å². The van der Waals surface area contributed by atoms with Crippen molar-refractivity contribution in [3.63, 3.8) is 0 Å². The lowest BCUT2D eigenvalue weighted by atomic mass is 9.64. The maximum absolute atomic E-state index is 11.5. The minimum atomic E-state index is -0.406. The van der Waals surface area contributed by atoms with E-state index >= 15 is 0 Å². The quantitative estimate of drug-likeness (QED) is 0.401. The van der Waals surface area contributed by atoms with Crippen LogP contribution >= 0.6 is 0 Å². The van der Waals surface area contributed by atoms with E-state index in [1.807, 2.05) is 36.4 Å². The lowest BCUT2D eigenvalue weighted by molar-refractivity contribution is -0.0103. The largest absolute Gasteiger partial charge is 0.487 e. The Morgan fingerprint density at radius 2 is 1.74 bits per heavy atom. The Hall–Kier alpha value is -2.39. The fourth-order valence-corrected chi connectivity index (χ4v) is 5.13. The van der Waals surface area contributed by atoms with E-state index in [9.17, 15) is 5.11 Å². The zero-order valence-corrected chi connectivity index (χ0v) is 18.9. The van der Waals surface area contributed by atoms with Gasteiger partial charge in [0, 0.05) is 10.8 Å². The van der Waals surface area contributed by atoms with Crippen LogP contribution in [0, 0.1) is 5.41 Å². The van der Waals surface area contributed by atoms with Gasteiger partial charge in [-0.2, -0.15) is 0 Å². The second kappa shape index (κ2) is 9.82. The maximum atomic E-state index is 11.5. The number of hydrogen-bond donors (Lipinski definition) is 1. The summed E-state index contributed by atoms with van der Waals surface area (Å²) in [6.45, 7) is 4.92. The molecule has 1 aliphatic carbocycles. The molecule has 2 aromatic carbocycles. The van der Waals surface area contributed by atoms with Crippen LogP contribution in [-0.2, 0) is 13.0 Å². The highest BCUT2D eigenvalue weighted by Gasteiger charge is 2.42. The standard InChI is InChI=1S/C28H35NO2/c1-3-5-17-28(18-6-4-2)19-16-23-24(27(28)30)11-9-13-26(23)31-20-22-15-14-21-10-7-8-12-25(21)29-22/h7-15,27,30H,3-6,16-20H2,1-2H3. The molecule has 1 heterocycles. The number of pyridine rings is 1. The van der Waals surface area contributed by atoms with Crippen LogP contribution in [0.3, 0.4) is 0 Å². The minimum absolute atomic E-state index is 0.0115. The predicted molar refractivity (Wildman–Crippen MR) is 127 cm³/mol. The van der Waals surface area contributed by atoms with Gasteiger partial charge < -0.3 is 9.84 Å². The van der Waals surface area contributed by atoms with Crippen molar-refractivity contribution in [2.45, 2.75) is 77.9 Å². The summed E-state index contributed by atoms with van der Waals surface area (Å²) in [5, 5.41) is 12.6. The van der Waals surface area contributed by atoms with Gasteiger partial charge in [0.1, 0.15) is 12.4 Å². The molecule has 1 unspecified atom stereocenters. The predicted octanol–water partition coefficient (Wildman–Crippen LogP) is 7.16. The third-order valence-electron chi connectivity index (χ3n) is 7.00. The number of aliphatic hydroxyl groups excluding tert-OH is 1. The number of para-hydroxylation sites is 1. The Labute approximate surface area is 186 Å². The number of aromatic nitrogens is 1. The molecule has 0 amide bonds. The molecule has 1 atom stereocenters. The van der Waals surface area contributed by atoms with Gasteiger partial charge in [0.2, 0.25) is 0 Å². The molecule has 3 heteroatoms. The molecule has 0 aliphatic heterocycles. The zero-order valence-electron chi connectivity index (χ0n) is 18.9. The van der Waals surface area contributed by atoms with E-state index in [1.165, 1.54) is 31.2 Å². The number of unbranched alkanes of at least 4 members (excludes halogenated alkanes) is 2. The van der Waals surface area contributed by atoms with Crippen molar-refractivity contribution in [3.05, 3.63) is 71.4 Å². The number of hydrogen-bond acceptors (Lipinski definition) is 3. The van der Waals surface area contributed by atoms with Crippen LogP contribution in [0.25, 0.3) is 10.9 Å². The van der Waals surface area contributed by atoms with Crippen LogP contribution in [0.4, 0.5) is 0 Å². The fraction of sp³-hybridized carbons (Fsp3) is 0.464. The zero-order chi connectivity index (χ0) is 21.7. The van der Waals surface area contributed by atoms with E-state index in [1.54, 1.807) is 0 Å². The highest BCUT2D eigenvalue weighted by atomic mass is 16.5. The maximum Gasteiger partial charge on any atom is 0.130 e. The first kappa shape index (κ1) is 21.8. The van der Waals surface area contributed by atoms with Gasteiger partial charge in [-0.05, 0) is 55.0 Å². The molecule has 1 aliphatic rings. The van der Waals surface area contributed by atoms with Crippen LogP contribution in [0.15, 0.2) is 54.6 Å². The average molecular weight is 418 g/mol. The first-order valence-electron chi connectivity index (χ1n) is 11.9. The lowest BCUT2D eigenvalue weighted by Crippen LogP contribution is -2.34. The molecule has 3 nitrogen and oxygen atoms in total. The van der Waals surface area contributed by atoms with E-state index in [4.69, 9.17) is 9.72 Å². The highest BCUT2D eigenvalue weighted by molar-refractivity contribution is 5.78. The molecule has 164 valence electrons. The van der Waals surface area contributed by atoms with Gasteiger partial charge in [0.15, 0.2) is 0 Å². The Morgan fingerprint density at radius 1 is 0.968 bits per heavy atom. The Kier molecular flexibility index (Phi) is 6.92. The summed E-state index contributed by atoms with van der Waals surface area (Å²) >= 11 is 0. The monoisotopic (exact) mass is 417 g/mol. The number of nitrogens with zero attached hydrogens (tertiary/aromatic N) is 1. The fourth-order valence-electron chi connectivity index (χ4n) is 5.13. The summed E-state index contributed by atoms with van der Waals surface area (Å²) in [7, 11) is 0. The van der Waals surface area contributed by atoms with Crippen molar-refractivity contribution in [2.24, 2.45) is 5.41 Å². The second-order valence-corrected chi connectivity index (χ2v) is 9.08. The van der Waals surface area contributed by atoms with E-state index < -0.39 is 6.10 Å². The number of benzene rings is 2. The van der Waals surface area contributed by atoms with Crippen LogP contribution in [0.5, 0.6) is 5.75 Å². The van der Waals surface area contributed by atoms with Crippen LogP contribution < -0.4 is 4.74 Å². The van der Waals surface area contributed by atoms with E-state index in [0.717, 1.165) is 53.6 Å². The molecule has 3 aromatic rings. The third kappa shape index (κ3) is 4.62. The topological polar surface area (TPSA) is 42.4 Å². The average Bonchev–Trinajstić information content (AvgIpc) is 2.82. The van der Waals surface area contributed by atoms with Crippen molar-refractivity contribution in [2.75, 3.05) is 0 Å².